The number of nitrogens with one attached hydrogen (secondary N) is 1. The van der Waals surface area contributed by atoms with Crippen molar-refractivity contribution in [3.8, 4) is 0 Å². The first kappa shape index (κ1) is 57.3. The van der Waals surface area contributed by atoms with Crippen molar-refractivity contribution in [2.75, 3.05) is 13.2 Å². The Hall–Kier alpha value is -1.66. The van der Waals surface area contributed by atoms with Gasteiger partial charge in [-0.2, -0.15) is 0 Å². The van der Waals surface area contributed by atoms with E-state index in [0.717, 1.165) is 77.0 Å². The Morgan fingerprint density at radius 3 is 1.24 bits per heavy atom. The smallest absolute Gasteiger partial charge is 0.305 e. The molecule has 0 rings (SSSR count). The minimum atomic E-state index is -0.680. The van der Waals surface area contributed by atoms with Crippen molar-refractivity contribution in [3.63, 3.8) is 0 Å². The van der Waals surface area contributed by atoms with Crippen molar-refractivity contribution >= 4 is 11.9 Å². The standard InChI is InChI=1S/C53H101NO5/c1-3-5-7-9-11-13-15-17-18-19-20-21-22-25-29-33-37-41-45-51(56)50(49-55)54-52(57)46-42-38-34-30-26-23-24-28-32-36-40-44-48-59-53(58)47-43-39-35-31-27-16-14-12-10-8-6-4-2/h12,14,24,28,50-51,55-56H,3-11,13,15-23,25-27,29-49H2,1-2H3,(H,54,57)/b14-12-,28-24-. The highest BCUT2D eigenvalue weighted by molar-refractivity contribution is 5.76. The molecule has 0 bridgehead atoms. The fourth-order valence-electron chi connectivity index (χ4n) is 7.92. The van der Waals surface area contributed by atoms with Crippen LogP contribution in [0.25, 0.3) is 0 Å². The number of allylic oxidation sites excluding steroid dienone is 4. The summed E-state index contributed by atoms with van der Waals surface area (Å²) in [6.07, 6.45) is 57.2. The van der Waals surface area contributed by atoms with Crippen molar-refractivity contribution in [2.24, 2.45) is 0 Å². The monoisotopic (exact) mass is 832 g/mol. The van der Waals surface area contributed by atoms with Crippen LogP contribution in [0.2, 0.25) is 0 Å². The van der Waals surface area contributed by atoms with Crippen molar-refractivity contribution < 1.29 is 24.5 Å². The molecule has 0 saturated carbocycles. The molecule has 0 aromatic heterocycles. The molecule has 0 aromatic carbocycles. The molecule has 0 aromatic rings. The molecule has 348 valence electrons. The Balaban J connectivity index is 3.52. The summed E-state index contributed by atoms with van der Waals surface area (Å²) in [7, 11) is 0. The van der Waals surface area contributed by atoms with Gasteiger partial charge in [-0.15, -0.1) is 0 Å². The van der Waals surface area contributed by atoms with Gasteiger partial charge in [0.1, 0.15) is 0 Å². The van der Waals surface area contributed by atoms with Crippen LogP contribution in [-0.2, 0) is 14.3 Å². The van der Waals surface area contributed by atoms with Crippen LogP contribution in [-0.4, -0.2) is 47.4 Å². The van der Waals surface area contributed by atoms with Gasteiger partial charge < -0.3 is 20.3 Å². The molecule has 59 heavy (non-hydrogen) atoms. The first-order valence-electron chi connectivity index (χ1n) is 26.1. The van der Waals surface area contributed by atoms with Gasteiger partial charge in [-0.1, -0.05) is 205 Å². The number of carbonyl (C=O) groups excluding carboxylic acids is 2. The third-order valence-corrected chi connectivity index (χ3v) is 12.0. The highest BCUT2D eigenvalue weighted by Gasteiger charge is 2.20. The maximum atomic E-state index is 12.5. The maximum Gasteiger partial charge on any atom is 0.305 e. The van der Waals surface area contributed by atoms with Crippen LogP contribution in [0.4, 0.5) is 0 Å². The lowest BCUT2D eigenvalue weighted by molar-refractivity contribution is -0.143. The molecule has 0 radical (unpaired) electrons. The molecule has 0 saturated heterocycles. The average Bonchev–Trinajstić information content (AvgIpc) is 3.24. The predicted molar refractivity (Wildman–Crippen MR) is 255 cm³/mol. The molecule has 0 aliphatic carbocycles. The Bertz CT molecular complexity index is 920. The number of hydrogen-bond acceptors (Lipinski definition) is 5. The molecular weight excluding hydrogens is 731 g/mol. The van der Waals surface area contributed by atoms with Crippen LogP contribution >= 0.6 is 0 Å². The zero-order chi connectivity index (χ0) is 43.0. The largest absolute Gasteiger partial charge is 0.466 e. The van der Waals surface area contributed by atoms with Gasteiger partial charge in [0.15, 0.2) is 0 Å². The molecule has 0 heterocycles. The van der Waals surface area contributed by atoms with Crippen molar-refractivity contribution in [2.45, 2.75) is 289 Å². The second-order valence-electron chi connectivity index (χ2n) is 17.8. The summed E-state index contributed by atoms with van der Waals surface area (Å²) in [4.78, 5) is 24.4. The summed E-state index contributed by atoms with van der Waals surface area (Å²) >= 11 is 0. The summed E-state index contributed by atoms with van der Waals surface area (Å²) in [6.45, 7) is 4.87. The fourth-order valence-corrected chi connectivity index (χ4v) is 7.92. The zero-order valence-electron chi connectivity index (χ0n) is 39.5. The number of unbranched alkanes of at least 4 members (excludes halogenated alkanes) is 33. The first-order valence-corrected chi connectivity index (χ1v) is 26.1. The average molecular weight is 832 g/mol. The fraction of sp³-hybridized carbons (Fsp3) is 0.887. The first-order chi connectivity index (χ1) is 29.0. The van der Waals surface area contributed by atoms with Gasteiger partial charge in [-0.25, -0.2) is 0 Å². The Morgan fingerprint density at radius 2 is 0.797 bits per heavy atom. The Labute approximate surface area is 367 Å². The van der Waals surface area contributed by atoms with E-state index >= 15 is 0 Å². The van der Waals surface area contributed by atoms with Crippen LogP contribution in [0, 0.1) is 0 Å². The topological polar surface area (TPSA) is 95.9 Å². The lowest BCUT2D eigenvalue weighted by atomic mass is 10.0. The van der Waals surface area contributed by atoms with Gasteiger partial charge in [0, 0.05) is 12.8 Å². The number of amides is 1. The quantitative estimate of drug-likeness (QED) is 0.0322. The van der Waals surface area contributed by atoms with E-state index in [1.807, 2.05) is 0 Å². The molecule has 2 atom stereocenters. The highest BCUT2D eigenvalue weighted by atomic mass is 16.5. The number of rotatable bonds is 48. The van der Waals surface area contributed by atoms with Gasteiger partial charge in [0.25, 0.3) is 0 Å². The van der Waals surface area contributed by atoms with Gasteiger partial charge in [0.2, 0.25) is 5.91 Å². The number of aliphatic hydroxyl groups excluding tert-OH is 2. The minimum absolute atomic E-state index is 0.0327. The van der Waals surface area contributed by atoms with Crippen molar-refractivity contribution in [3.05, 3.63) is 24.3 Å². The Kier molecular flexibility index (Phi) is 47.6. The number of carbonyl (C=O) groups is 2. The van der Waals surface area contributed by atoms with Crippen LogP contribution in [0.3, 0.4) is 0 Å². The molecule has 0 fully saturated rings. The molecular formula is C53H101NO5. The normalized spacial score (nSPS) is 12.8. The van der Waals surface area contributed by atoms with Gasteiger partial charge in [0.05, 0.1) is 25.4 Å². The van der Waals surface area contributed by atoms with E-state index in [1.54, 1.807) is 0 Å². The van der Waals surface area contributed by atoms with Crippen LogP contribution in [0.15, 0.2) is 24.3 Å². The second kappa shape index (κ2) is 49.0. The van der Waals surface area contributed by atoms with Gasteiger partial charge >= 0.3 is 5.97 Å². The number of ether oxygens (including phenoxy) is 1. The zero-order valence-corrected chi connectivity index (χ0v) is 39.5. The molecule has 1 amide bonds. The minimum Gasteiger partial charge on any atom is -0.466 e. The summed E-state index contributed by atoms with van der Waals surface area (Å²) in [5, 5.41) is 23.2. The maximum absolute atomic E-state index is 12.5. The molecule has 2 unspecified atom stereocenters. The summed E-state index contributed by atoms with van der Waals surface area (Å²) in [5.74, 6) is -0.0928. The number of hydrogen-bond donors (Lipinski definition) is 3. The van der Waals surface area contributed by atoms with E-state index in [1.165, 1.54) is 167 Å². The van der Waals surface area contributed by atoms with Crippen LogP contribution in [0.1, 0.15) is 277 Å². The van der Waals surface area contributed by atoms with Crippen molar-refractivity contribution in [1.82, 2.24) is 5.32 Å². The van der Waals surface area contributed by atoms with Gasteiger partial charge in [-0.05, 0) is 83.5 Å². The van der Waals surface area contributed by atoms with E-state index in [-0.39, 0.29) is 18.5 Å². The van der Waals surface area contributed by atoms with E-state index in [9.17, 15) is 19.8 Å². The third-order valence-electron chi connectivity index (χ3n) is 12.0. The Morgan fingerprint density at radius 1 is 0.458 bits per heavy atom. The summed E-state index contributed by atoms with van der Waals surface area (Å²) in [5.41, 5.74) is 0. The summed E-state index contributed by atoms with van der Waals surface area (Å²) in [6, 6.07) is -0.560. The van der Waals surface area contributed by atoms with E-state index in [2.05, 4.69) is 43.5 Å². The van der Waals surface area contributed by atoms with E-state index in [0.29, 0.717) is 25.9 Å². The molecule has 0 aliphatic heterocycles. The predicted octanol–water partition coefficient (Wildman–Crippen LogP) is 15.5. The molecule has 0 spiro atoms. The molecule has 6 nitrogen and oxygen atoms in total. The lowest BCUT2D eigenvalue weighted by Crippen LogP contribution is -2.45. The number of aliphatic hydroxyl groups is 2. The molecule has 0 aliphatic rings. The van der Waals surface area contributed by atoms with E-state index in [4.69, 9.17) is 4.74 Å². The van der Waals surface area contributed by atoms with Crippen LogP contribution in [0.5, 0.6) is 0 Å². The highest BCUT2D eigenvalue weighted by Crippen LogP contribution is 2.16. The lowest BCUT2D eigenvalue weighted by Gasteiger charge is -2.22. The molecule has 3 N–H and O–H groups in total. The summed E-state index contributed by atoms with van der Waals surface area (Å²) < 4.78 is 5.43. The van der Waals surface area contributed by atoms with Gasteiger partial charge in [-0.3, -0.25) is 9.59 Å². The molecule has 6 heteroatoms. The SMILES string of the molecule is CCCCC/C=C\CCCCCCCC(=O)OCCCCC/C=C\CCCCCCCC(=O)NC(CO)C(O)CCCCCCCCCCCCCCCCCCCC. The number of esters is 1. The van der Waals surface area contributed by atoms with Crippen LogP contribution < -0.4 is 5.32 Å². The van der Waals surface area contributed by atoms with Crippen molar-refractivity contribution in [1.29, 1.82) is 0 Å². The third kappa shape index (κ3) is 45.7. The van der Waals surface area contributed by atoms with E-state index < -0.39 is 12.1 Å². The second-order valence-corrected chi connectivity index (χ2v) is 17.8.